The van der Waals surface area contributed by atoms with Crippen molar-refractivity contribution in [1.29, 1.82) is 0 Å². The highest BCUT2D eigenvalue weighted by Gasteiger charge is 2.10. The number of nitrogens with one attached hydrogen (secondary N) is 1. The maximum atomic E-state index is 13.4. The summed E-state index contributed by atoms with van der Waals surface area (Å²) in [5, 5.41) is 0. The number of fused-ring (bicyclic) bond motifs is 1. The third kappa shape index (κ3) is 3.08. The van der Waals surface area contributed by atoms with E-state index in [4.69, 9.17) is 0 Å². The first-order valence-electron chi connectivity index (χ1n) is 7.56. The van der Waals surface area contributed by atoms with Gasteiger partial charge in [-0.15, -0.1) is 0 Å². The molecule has 5 heteroatoms. The molecule has 2 heterocycles. The van der Waals surface area contributed by atoms with E-state index in [0.29, 0.717) is 5.82 Å². The molecule has 0 aliphatic heterocycles. The van der Waals surface area contributed by atoms with Gasteiger partial charge in [0.05, 0.1) is 0 Å². The number of imidazole rings is 1. The number of aromatic amines is 1. The van der Waals surface area contributed by atoms with Crippen molar-refractivity contribution in [3.63, 3.8) is 0 Å². The number of nitrogens with zero attached hydrogens (tertiary/aromatic N) is 2. The van der Waals surface area contributed by atoms with Crippen molar-refractivity contribution in [3.05, 3.63) is 82.8 Å². The molecular formula is C19H14BrFN3+. The first-order valence-corrected chi connectivity index (χ1v) is 8.36. The normalized spacial score (nSPS) is 11.1. The number of hydrogen-bond acceptors (Lipinski definition) is 1. The third-order valence-electron chi connectivity index (χ3n) is 3.86. The Balaban J connectivity index is 1.67. The van der Waals surface area contributed by atoms with Gasteiger partial charge in [0.2, 0.25) is 0 Å². The van der Waals surface area contributed by atoms with Crippen molar-refractivity contribution >= 4 is 27.0 Å². The fourth-order valence-electron chi connectivity index (χ4n) is 2.67. The molecule has 4 aromatic rings. The first kappa shape index (κ1) is 15.0. The maximum Gasteiger partial charge on any atom is 0.195 e. The predicted molar refractivity (Wildman–Crippen MR) is 94.9 cm³/mol. The Bertz CT molecular complexity index is 1010. The SMILES string of the molecule is Fc1cccc(-c2nc3cc[n+](Cc4ccc(Br)cc4)cc3[nH]2)c1. The number of benzene rings is 2. The van der Waals surface area contributed by atoms with Crippen LogP contribution in [0, 0.1) is 5.82 Å². The third-order valence-corrected chi connectivity index (χ3v) is 4.39. The Hall–Kier alpha value is -2.53. The quantitative estimate of drug-likeness (QED) is 0.521. The van der Waals surface area contributed by atoms with Gasteiger partial charge in [-0.25, -0.2) is 9.37 Å². The molecule has 3 nitrogen and oxygen atoms in total. The zero-order valence-corrected chi connectivity index (χ0v) is 14.3. The average molecular weight is 383 g/mol. The highest BCUT2D eigenvalue weighted by molar-refractivity contribution is 9.10. The van der Waals surface area contributed by atoms with Crippen LogP contribution >= 0.6 is 15.9 Å². The second-order valence-electron chi connectivity index (χ2n) is 5.64. The lowest BCUT2D eigenvalue weighted by atomic mass is 10.2. The number of aromatic nitrogens is 3. The van der Waals surface area contributed by atoms with Gasteiger partial charge in [0.25, 0.3) is 0 Å². The molecule has 0 atom stereocenters. The molecule has 24 heavy (non-hydrogen) atoms. The molecule has 0 fully saturated rings. The summed E-state index contributed by atoms with van der Waals surface area (Å²) in [6.07, 6.45) is 4.02. The molecule has 0 spiro atoms. The fourth-order valence-corrected chi connectivity index (χ4v) is 2.94. The first-order chi connectivity index (χ1) is 11.7. The van der Waals surface area contributed by atoms with E-state index in [2.05, 4.69) is 42.6 Å². The van der Waals surface area contributed by atoms with Gasteiger partial charge in [0, 0.05) is 21.7 Å². The summed E-state index contributed by atoms with van der Waals surface area (Å²) in [6, 6.07) is 16.7. The molecule has 4 rings (SSSR count). The van der Waals surface area contributed by atoms with Gasteiger partial charge >= 0.3 is 0 Å². The maximum absolute atomic E-state index is 13.4. The molecule has 1 N–H and O–H groups in total. The van der Waals surface area contributed by atoms with E-state index in [0.717, 1.165) is 27.6 Å². The van der Waals surface area contributed by atoms with E-state index in [1.807, 2.05) is 36.7 Å². The molecule has 0 aliphatic rings. The number of halogens is 2. The minimum absolute atomic E-state index is 0.266. The highest BCUT2D eigenvalue weighted by atomic mass is 79.9. The highest BCUT2D eigenvalue weighted by Crippen LogP contribution is 2.20. The van der Waals surface area contributed by atoms with Crippen molar-refractivity contribution in [1.82, 2.24) is 9.97 Å². The second-order valence-corrected chi connectivity index (χ2v) is 6.55. The molecule has 0 saturated heterocycles. The lowest BCUT2D eigenvalue weighted by molar-refractivity contribution is -0.687. The van der Waals surface area contributed by atoms with Crippen LogP contribution in [0.3, 0.4) is 0 Å². The van der Waals surface area contributed by atoms with Gasteiger partial charge in [-0.2, -0.15) is 4.57 Å². The monoisotopic (exact) mass is 382 g/mol. The molecule has 118 valence electrons. The molecular weight excluding hydrogens is 369 g/mol. The zero-order valence-electron chi connectivity index (χ0n) is 12.7. The van der Waals surface area contributed by atoms with Crippen molar-refractivity contribution in [3.8, 4) is 11.4 Å². The van der Waals surface area contributed by atoms with E-state index in [1.54, 1.807) is 6.07 Å². The van der Waals surface area contributed by atoms with Crippen LogP contribution in [0.1, 0.15) is 5.56 Å². The molecule has 0 saturated carbocycles. The van der Waals surface area contributed by atoms with Gasteiger partial charge < -0.3 is 4.98 Å². The topological polar surface area (TPSA) is 32.6 Å². The van der Waals surface area contributed by atoms with E-state index in [-0.39, 0.29) is 5.82 Å². The van der Waals surface area contributed by atoms with Crippen LogP contribution in [-0.2, 0) is 6.54 Å². The molecule has 0 unspecified atom stereocenters. The van der Waals surface area contributed by atoms with E-state index >= 15 is 0 Å². The van der Waals surface area contributed by atoms with E-state index < -0.39 is 0 Å². The Morgan fingerprint density at radius 3 is 2.71 bits per heavy atom. The van der Waals surface area contributed by atoms with E-state index in [9.17, 15) is 4.39 Å². The summed E-state index contributed by atoms with van der Waals surface area (Å²) in [6.45, 7) is 0.775. The molecule has 0 bridgehead atoms. The van der Waals surface area contributed by atoms with Gasteiger partial charge in [0.15, 0.2) is 18.9 Å². The Morgan fingerprint density at radius 2 is 1.92 bits per heavy atom. The summed E-state index contributed by atoms with van der Waals surface area (Å²) >= 11 is 3.45. The van der Waals surface area contributed by atoms with Crippen molar-refractivity contribution in [2.75, 3.05) is 0 Å². The van der Waals surface area contributed by atoms with Gasteiger partial charge in [-0.1, -0.05) is 40.2 Å². The largest absolute Gasteiger partial charge is 0.333 e. The van der Waals surface area contributed by atoms with Crippen LogP contribution in [0.25, 0.3) is 22.4 Å². The smallest absolute Gasteiger partial charge is 0.195 e. The van der Waals surface area contributed by atoms with Crippen LogP contribution in [0.2, 0.25) is 0 Å². The Labute approximate surface area is 146 Å². The van der Waals surface area contributed by atoms with Crippen LogP contribution in [0.15, 0.2) is 71.5 Å². The molecule has 2 aromatic carbocycles. The van der Waals surface area contributed by atoms with Crippen molar-refractivity contribution in [2.24, 2.45) is 0 Å². The lowest BCUT2D eigenvalue weighted by Crippen LogP contribution is -2.33. The van der Waals surface area contributed by atoms with Gasteiger partial charge in [-0.3, -0.25) is 0 Å². The van der Waals surface area contributed by atoms with Crippen molar-refractivity contribution in [2.45, 2.75) is 6.54 Å². The number of pyridine rings is 1. The van der Waals surface area contributed by atoms with Crippen molar-refractivity contribution < 1.29 is 8.96 Å². The number of hydrogen-bond donors (Lipinski definition) is 1. The standard InChI is InChI=1S/C19H13BrFN3/c20-15-6-4-13(5-7-15)11-24-9-8-17-18(12-24)23-19(22-17)14-2-1-3-16(21)10-14/h1-10,12H,11H2/p+1. The van der Waals surface area contributed by atoms with Crippen LogP contribution in [0.4, 0.5) is 4.39 Å². The van der Waals surface area contributed by atoms with Crippen LogP contribution in [-0.4, -0.2) is 9.97 Å². The fraction of sp³-hybridized carbons (Fsp3) is 0.0526. The Morgan fingerprint density at radius 1 is 1.08 bits per heavy atom. The van der Waals surface area contributed by atoms with Crippen LogP contribution < -0.4 is 4.57 Å². The lowest BCUT2D eigenvalue weighted by Gasteiger charge is -1.98. The summed E-state index contributed by atoms with van der Waals surface area (Å²) in [5.41, 5.74) is 3.74. The van der Waals surface area contributed by atoms with Gasteiger partial charge in [-0.05, 0) is 24.3 Å². The average Bonchev–Trinajstić information content (AvgIpc) is 3.00. The minimum atomic E-state index is -0.266. The molecule has 0 aliphatic carbocycles. The zero-order chi connectivity index (χ0) is 16.5. The summed E-state index contributed by atoms with van der Waals surface area (Å²) in [7, 11) is 0. The number of H-pyrrole nitrogens is 1. The number of rotatable bonds is 3. The second kappa shape index (κ2) is 6.17. The van der Waals surface area contributed by atoms with Gasteiger partial charge in [0.1, 0.15) is 22.7 Å². The predicted octanol–water partition coefficient (Wildman–Crippen LogP) is 4.47. The molecule has 0 radical (unpaired) electrons. The summed E-state index contributed by atoms with van der Waals surface area (Å²) < 4.78 is 16.6. The van der Waals surface area contributed by atoms with Crippen LogP contribution in [0.5, 0.6) is 0 Å². The van der Waals surface area contributed by atoms with E-state index in [1.165, 1.54) is 17.7 Å². The molecule has 0 amide bonds. The molecule has 2 aromatic heterocycles. The summed E-state index contributed by atoms with van der Waals surface area (Å²) in [4.78, 5) is 7.81. The summed E-state index contributed by atoms with van der Waals surface area (Å²) in [5.74, 6) is 0.407. The Kier molecular flexibility index (Phi) is 3.86. The minimum Gasteiger partial charge on any atom is -0.333 e.